The smallest absolute Gasteiger partial charge is 0.239 e. The van der Waals surface area contributed by atoms with Crippen LogP contribution in [0.1, 0.15) is 40.0 Å². The standard InChI is InChI=1S/C14H27N3O2.ClH/c1-4-6-12(15)14(19)17-8-5-7-16(9-10-17)13(18)11(2)3;/h11-12H,4-10,15H2,1-3H3;1H. The molecule has 1 rings (SSSR count). The molecule has 1 saturated heterocycles. The van der Waals surface area contributed by atoms with Crippen molar-refractivity contribution in [3.8, 4) is 0 Å². The van der Waals surface area contributed by atoms with Crippen molar-refractivity contribution in [1.82, 2.24) is 9.80 Å². The van der Waals surface area contributed by atoms with Gasteiger partial charge in [0.25, 0.3) is 0 Å². The Morgan fingerprint density at radius 3 is 2.00 bits per heavy atom. The van der Waals surface area contributed by atoms with Gasteiger partial charge in [-0.25, -0.2) is 0 Å². The molecule has 1 aliphatic rings. The van der Waals surface area contributed by atoms with E-state index < -0.39 is 6.04 Å². The van der Waals surface area contributed by atoms with Crippen LogP contribution in [0.5, 0.6) is 0 Å². The van der Waals surface area contributed by atoms with Gasteiger partial charge in [0, 0.05) is 32.1 Å². The van der Waals surface area contributed by atoms with E-state index in [0.717, 1.165) is 25.8 Å². The monoisotopic (exact) mass is 305 g/mol. The van der Waals surface area contributed by atoms with Crippen molar-refractivity contribution < 1.29 is 9.59 Å². The van der Waals surface area contributed by atoms with Crippen LogP contribution >= 0.6 is 12.4 Å². The number of amides is 2. The second-order valence-corrected chi connectivity index (χ2v) is 5.55. The van der Waals surface area contributed by atoms with Crippen molar-refractivity contribution in [2.24, 2.45) is 11.7 Å². The number of halogens is 1. The van der Waals surface area contributed by atoms with Crippen LogP contribution in [0.2, 0.25) is 0 Å². The Labute approximate surface area is 128 Å². The van der Waals surface area contributed by atoms with Crippen molar-refractivity contribution in [1.29, 1.82) is 0 Å². The first-order chi connectivity index (χ1) is 8.97. The van der Waals surface area contributed by atoms with Crippen LogP contribution in [-0.2, 0) is 9.59 Å². The fourth-order valence-corrected chi connectivity index (χ4v) is 2.39. The molecular weight excluding hydrogens is 278 g/mol. The van der Waals surface area contributed by atoms with E-state index >= 15 is 0 Å². The fraction of sp³-hybridized carbons (Fsp3) is 0.857. The lowest BCUT2D eigenvalue weighted by atomic mass is 10.1. The summed E-state index contributed by atoms with van der Waals surface area (Å²) >= 11 is 0. The van der Waals surface area contributed by atoms with Crippen LogP contribution in [0.4, 0.5) is 0 Å². The minimum Gasteiger partial charge on any atom is -0.341 e. The first-order valence-corrected chi connectivity index (χ1v) is 7.30. The van der Waals surface area contributed by atoms with E-state index in [1.165, 1.54) is 0 Å². The molecule has 1 fully saturated rings. The molecule has 1 unspecified atom stereocenters. The van der Waals surface area contributed by atoms with Crippen LogP contribution in [0.15, 0.2) is 0 Å². The number of nitrogens with zero attached hydrogens (tertiary/aromatic N) is 2. The predicted octanol–water partition coefficient (Wildman–Crippen LogP) is 1.25. The molecule has 0 bridgehead atoms. The molecular formula is C14H28ClN3O2. The van der Waals surface area contributed by atoms with E-state index in [1.54, 1.807) is 0 Å². The van der Waals surface area contributed by atoms with E-state index in [1.807, 2.05) is 30.6 Å². The van der Waals surface area contributed by atoms with E-state index in [0.29, 0.717) is 19.6 Å². The summed E-state index contributed by atoms with van der Waals surface area (Å²) < 4.78 is 0. The van der Waals surface area contributed by atoms with Gasteiger partial charge in [0.05, 0.1) is 6.04 Å². The number of carbonyl (C=O) groups is 2. The highest BCUT2D eigenvalue weighted by atomic mass is 35.5. The minimum absolute atomic E-state index is 0. The molecule has 20 heavy (non-hydrogen) atoms. The summed E-state index contributed by atoms with van der Waals surface area (Å²) in [7, 11) is 0. The van der Waals surface area contributed by atoms with Gasteiger partial charge in [-0.05, 0) is 12.8 Å². The zero-order valence-corrected chi connectivity index (χ0v) is 13.6. The van der Waals surface area contributed by atoms with Crippen molar-refractivity contribution >= 4 is 24.2 Å². The zero-order chi connectivity index (χ0) is 14.4. The molecule has 0 aliphatic carbocycles. The number of hydrogen-bond acceptors (Lipinski definition) is 3. The summed E-state index contributed by atoms with van der Waals surface area (Å²) in [5.74, 6) is 0.220. The van der Waals surface area contributed by atoms with E-state index in [-0.39, 0.29) is 30.1 Å². The lowest BCUT2D eigenvalue weighted by Crippen LogP contribution is -2.45. The molecule has 0 aromatic carbocycles. The van der Waals surface area contributed by atoms with Gasteiger partial charge in [-0.2, -0.15) is 0 Å². The molecule has 0 spiro atoms. The third-order valence-electron chi connectivity index (χ3n) is 3.53. The second-order valence-electron chi connectivity index (χ2n) is 5.55. The second kappa shape index (κ2) is 9.19. The first kappa shape index (κ1) is 19.2. The van der Waals surface area contributed by atoms with Crippen molar-refractivity contribution in [2.45, 2.75) is 46.1 Å². The van der Waals surface area contributed by atoms with Gasteiger partial charge in [-0.3, -0.25) is 9.59 Å². The summed E-state index contributed by atoms with van der Waals surface area (Å²) in [4.78, 5) is 27.8. The van der Waals surface area contributed by atoms with Crippen LogP contribution in [0.3, 0.4) is 0 Å². The quantitative estimate of drug-likeness (QED) is 0.850. The Balaban J connectivity index is 0.00000361. The topological polar surface area (TPSA) is 66.6 Å². The zero-order valence-electron chi connectivity index (χ0n) is 12.8. The SMILES string of the molecule is CCCC(N)C(=O)N1CCCN(C(=O)C(C)C)CC1.Cl. The predicted molar refractivity (Wildman–Crippen MR) is 82.7 cm³/mol. The molecule has 0 radical (unpaired) electrons. The average molecular weight is 306 g/mol. The Hall–Kier alpha value is -0.810. The molecule has 0 aromatic rings. The molecule has 1 aliphatic heterocycles. The molecule has 2 N–H and O–H groups in total. The maximum Gasteiger partial charge on any atom is 0.239 e. The van der Waals surface area contributed by atoms with Gasteiger partial charge in [0.1, 0.15) is 0 Å². The van der Waals surface area contributed by atoms with E-state index in [2.05, 4.69) is 0 Å². The molecule has 5 nitrogen and oxygen atoms in total. The summed E-state index contributed by atoms with van der Waals surface area (Å²) in [5.41, 5.74) is 5.88. The maximum absolute atomic E-state index is 12.1. The molecule has 1 atom stereocenters. The van der Waals surface area contributed by atoms with Crippen molar-refractivity contribution in [3.05, 3.63) is 0 Å². The third kappa shape index (κ3) is 5.29. The highest BCUT2D eigenvalue weighted by Gasteiger charge is 2.25. The first-order valence-electron chi connectivity index (χ1n) is 7.30. The van der Waals surface area contributed by atoms with E-state index in [9.17, 15) is 9.59 Å². The molecule has 0 aromatic heterocycles. The number of rotatable bonds is 4. The Bertz CT molecular complexity index is 324. The average Bonchev–Trinajstić information content (AvgIpc) is 2.62. The number of nitrogens with two attached hydrogens (primary N) is 1. The van der Waals surface area contributed by atoms with Gasteiger partial charge >= 0.3 is 0 Å². The molecule has 118 valence electrons. The van der Waals surface area contributed by atoms with Crippen LogP contribution < -0.4 is 5.73 Å². The van der Waals surface area contributed by atoms with E-state index in [4.69, 9.17) is 5.73 Å². The highest BCUT2D eigenvalue weighted by Crippen LogP contribution is 2.09. The van der Waals surface area contributed by atoms with Crippen LogP contribution in [0, 0.1) is 5.92 Å². The summed E-state index contributed by atoms with van der Waals surface area (Å²) in [5, 5.41) is 0. The molecule has 1 heterocycles. The summed E-state index contributed by atoms with van der Waals surface area (Å²) in [6, 6.07) is -0.391. The lowest BCUT2D eigenvalue weighted by molar-refractivity contribution is -0.136. The normalized spacial score (nSPS) is 17.4. The minimum atomic E-state index is -0.391. The highest BCUT2D eigenvalue weighted by molar-refractivity contribution is 5.85. The van der Waals surface area contributed by atoms with Gasteiger partial charge in [0.2, 0.25) is 11.8 Å². The molecule has 6 heteroatoms. The van der Waals surface area contributed by atoms with Gasteiger partial charge in [-0.1, -0.05) is 27.2 Å². The van der Waals surface area contributed by atoms with Crippen molar-refractivity contribution in [2.75, 3.05) is 26.2 Å². The Kier molecular flexibility index (Phi) is 8.81. The Morgan fingerprint density at radius 1 is 1.05 bits per heavy atom. The number of carbonyl (C=O) groups excluding carboxylic acids is 2. The van der Waals surface area contributed by atoms with Crippen molar-refractivity contribution in [3.63, 3.8) is 0 Å². The fourth-order valence-electron chi connectivity index (χ4n) is 2.39. The third-order valence-corrected chi connectivity index (χ3v) is 3.53. The summed E-state index contributed by atoms with van der Waals surface area (Å²) in [6.45, 7) is 8.53. The molecule has 0 saturated carbocycles. The van der Waals surface area contributed by atoms with Crippen LogP contribution in [0.25, 0.3) is 0 Å². The molecule has 2 amide bonds. The largest absolute Gasteiger partial charge is 0.341 e. The lowest BCUT2D eigenvalue weighted by Gasteiger charge is -2.25. The maximum atomic E-state index is 12.1. The van der Waals surface area contributed by atoms with Gasteiger partial charge < -0.3 is 15.5 Å². The van der Waals surface area contributed by atoms with Gasteiger partial charge in [0.15, 0.2) is 0 Å². The van der Waals surface area contributed by atoms with Crippen LogP contribution in [-0.4, -0.2) is 53.8 Å². The van der Waals surface area contributed by atoms with Gasteiger partial charge in [-0.15, -0.1) is 12.4 Å². The summed E-state index contributed by atoms with van der Waals surface area (Å²) in [6.07, 6.45) is 2.48. The Morgan fingerprint density at radius 2 is 1.55 bits per heavy atom. The number of hydrogen-bond donors (Lipinski definition) is 1.